The van der Waals surface area contributed by atoms with E-state index in [9.17, 15) is 18.0 Å². The average Bonchev–Trinajstić information content (AvgIpc) is 3.06. The number of hydrogen-bond donors (Lipinski definition) is 0. The molecule has 1 fully saturated rings. The maximum Gasteiger partial charge on any atom is 0.243 e. The van der Waals surface area contributed by atoms with Crippen molar-refractivity contribution < 1.29 is 18.0 Å². The second kappa shape index (κ2) is 11.9. The van der Waals surface area contributed by atoms with Crippen LogP contribution in [-0.2, 0) is 32.5 Å². The van der Waals surface area contributed by atoms with Crippen LogP contribution in [0.2, 0.25) is 0 Å². The Kier molecular flexibility index (Phi) is 9.17. The summed E-state index contributed by atoms with van der Waals surface area (Å²) in [6, 6.07) is 13.1. The summed E-state index contributed by atoms with van der Waals surface area (Å²) in [5, 5.41) is 0. The molecule has 3 rings (SSSR count). The Morgan fingerprint density at radius 3 is 1.94 bits per heavy atom. The van der Waals surface area contributed by atoms with Gasteiger partial charge in [0, 0.05) is 25.9 Å². The van der Waals surface area contributed by atoms with E-state index in [1.807, 2.05) is 37.3 Å². The van der Waals surface area contributed by atoms with E-state index in [0.717, 1.165) is 36.8 Å². The fourth-order valence-electron chi connectivity index (χ4n) is 4.38. The molecule has 0 unspecified atom stereocenters. The summed E-state index contributed by atoms with van der Waals surface area (Å²) < 4.78 is 28.1. The lowest BCUT2D eigenvalue weighted by Crippen LogP contribution is -2.33. The molecule has 2 aromatic rings. The molecular formula is C27H36N2O4S. The second-order valence-electron chi connectivity index (χ2n) is 9.51. The van der Waals surface area contributed by atoms with Crippen LogP contribution in [-0.4, -0.2) is 62.4 Å². The number of ketones is 2. The van der Waals surface area contributed by atoms with E-state index < -0.39 is 10.0 Å². The average molecular weight is 485 g/mol. The fourth-order valence-corrected chi connectivity index (χ4v) is 6.18. The van der Waals surface area contributed by atoms with E-state index in [0.29, 0.717) is 35.5 Å². The Morgan fingerprint density at radius 1 is 0.824 bits per heavy atom. The summed E-state index contributed by atoms with van der Waals surface area (Å²) in [5.41, 5.74) is 3.49. The molecule has 0 atom stereocenters. The van der Waals surface area contributed by atoms with E-state index >= 15 is 0 Å². The van der Waals surface area contributed by atoms with E-state index in [2.05, 4.69) is 0 Å². The van der Waals surface area contributed by atoms with E-state index in [4.69, 9.17) is 0 Å². The first-order chi connectivity index (χ1) is 16.1. The molecule has 0 N–H and O–H groups in total. The van der Waals surface area contributed by atoms with Gasteiger partial charge in [0.2, 0.25) is 10.0 Å². The Bertz CT molecular complexity index is 1100. The first-order valence-electron chi connectivity index (χ1n) is 12.0. The third-order valence-electron chi connectivity index (χ3n) is 6.25. The zero-order valence-corrected chi connectivity index (χ0v) is 21.4. The van der Waals surface area contributed by atoms with Crippen LogP contribution in [0.4, 0.5) is 0 Å². The van der Waals surface area contributed by atoms with Gasteiger partial charge in [-0.3, -0.25) is 14.5 Å². The molecule has 34 heavy (non-hydrogen) atoms. The molecule has 1 aliphatic heterocycles. The molecule has 0 radical (unpaired) electrons. The van der Waals surface area contributed by atoms with Crippen molar-refractivity contribution in [3.63, 3.8) is 0 Å². The number of aryl methyl sites for hydroxylation is 2. The number of hydrogen-bond acceptors (Lipinski definition) is 5. The van der Waals surface area contributed by atoms with Gasteiger partial charge in [0.25, 0.3) is 0 Å². The number of carbonyl (C=O) groups excluding carboxylic acids is 2. The van der Waals surface area contributed by atoms with Crippen molar-refractivity contribution in [3.8, 4) is 0 Å². The van der Waals surface area contributed by atoms with Gasteiger partial charge in [-0.15, -0.1) is 0 Å². The summed E-state index contributed by atoms with van der Waals surface area (Å²) in [6.07, 6.45) is 4.35. The Balaban J connectivity index is 1.59. The molecular weight excluding hydrogens is 448 g/mol. The van der Waals surface area contributed by atoms with Crippen LogP contribution in [0.25, 0.3) is 0 Å². The SMILES string of the molecule is Cc1ccc(CC(=O)CN(C)CC(=O)Cc2ccc(C)c(S(=O)(=O)N3CCCCCC3)c2)cc1. The van der Waals surface area contributed by atoms with Crippen molar-refractivity contribution in [1.29, 1.82) is 0 Å². The van der Waals surface area contributed by atoms with Crippen LogP contribution >= 0.6 is 0 Å². The van der Waals surface area contributed by atoms with Gasteiger partial charge in [0.1, 0.15) is 0 Å². The molecule has 1 saturated heterocycles. The van der Waals surface area contributed by atoms with Crippen LogP contribution in [0, 0.1) is 13.8 Å². The third-order valence-corrected chi connectivity index (χ3v) is 8.29. The van der Waals surface area contributed by atoms with Gasteiger partial charge in [0.15, 0.2) is 11.6 Å². The van der Waals surface area contributed by atoms with Gasteiger partial charge in [0.05, 0.1) is 18.0 Å². The highest BCUT2D eigenvalue weighted by Crippen LogP contribution is 2.24. The summed E-state index contributed by atoms with van der Waals surface area (Å²) in [4.78, 5) is 27.1. The fraction of sp³-hybridized carbons (Fsp3) is 0.481. The van der Waals surface area contributed by atoms with Crippen molar-refractivity contribution in [2.75, 3.05) is 33.2 Å². The standard InChI is InChI=1S/C27H36N2O4S/c1-21-8-11-23(12-9-21)16-25(30)19-28(3)20-26(31)17-24-13-10-22(2)27(18-24)34(32,33)29-14-6-4-5-7-15-29/h8-13,18H,4-7,14-17,19-20H2,1-3H3. The summed E-state index contributed by atoms with van der Waals surface area (Å²) in [6.45, 7) is 5.23. The highest BCUT2D eigenvalue weighted by atomic mass is 32.2. The number of carbonyl (C=O) groups is 2. The maximum atomic E-state index is 13.3. The zero-order valence-electron chi connectivity index (χ0n) is 20.5. The highest BCUT2D eigenvalue weighted by molar-refractivity contribution is 7.89. The number of likely N-dealkylation sites (N-methyl/N-ethyl adjacent to an activating group) is 1. The minimum Gasteiger partial charge on any atom is -0.298 e. The Hall–Kier alpha value is -2.35. The quantitative estimate of drug-likeness (QED) is 0.514. The first kappa shape index (κ1) is 26.3. The molecule has 7 heteroatoms. The smallest absolute Gasteiger partial charge is 0.243 e. The van der Waals surface area contributed by atoms with Gasteiger partial charge in [-0.05, 0) is 56.5 Å². The normalized spacial score (nSPS) is 15.3. The van der Waals surface area contributed by atoms with Gasteiger partial charge in [-0.1, -0.05) is 54.8 Å². The van der Waals surface area contributed by atoms with Gasteiger partial charge < -0.3 is 0 Å². The van der Waals surface area contributed by atoms with Crippen LogP contribution in [0.1, 0.15) is 47.9 Å². The molecule has 2 aromatic carbocycles. The second-order valence-corrected chi connectivity index (χ2v) is 11.4. The molecule has 0 aromatic heterocycles. The molecule has 0 bridgehead atoms. The number of nitrogens with zero attached hydrogens (tertiary/aromatic N) is 2. The molecule has 6 nitrogen and oxygen atoms in total. The maximum absolute atomic E-state index is 13.3. The van der Waals surface area contributed by atoms with Crippen LogP contribution < -0.4 is 0 Å². The lowest BCUT2D eigenvalue weighted by atomic mass is 10.1. The predicted octanol–water partition coefficient (Wildman–Crippen LogP) is 3.72. The first-order valence-corrected chi connectivity index (χ1v) is 13.5. The van der Waals surface area contributed by atoms with Crippen LogP contribution in [0.5, 0.6) is 0 Å². The Morgan fingerprint density at radius 2 is 1.35 bits per heavy atom. The molecule has 1 heterocycles. The summed E-state index contributed by atoms with van der Waals surface area (Å²) in [7, 11) is -1.82. The Labute approximate surface area is 204 Å². The van der Waals surface area contributed by atoms with Crippen LogP contribution in [0.15, 0.2) is 47.4 Å². The van der Waals surface area contributed by atoms with Crippen molar-refractivity contribution in [2.24, 2.45) is 0 Å². The van der Waals surface area contributed by atoms with Gasteiger partial charge in [-0.25, -0.2) is 8.42 Å². The lowest BCUT2D eigenvalue weighted by Gasteiger charge is -2.21. The minimum atomic E-state index is -3.58. The van der Waals surface area contributed by atoms with Crippen molar-refractivity contribution in [3.05, 3.63) is 64.7 Å². The topological polar surface area (TPSA) is 74.8 Å². The lowest BCUT2D eigenvalue weighted by molar-refractivity contribution is -0.121. The van der Waals surface area contributed by atoms with Crippen molar-refractivity contribution in [1.82, 2.24) is 9.21 Å². The molecule has 0 amide bonds. The molecule has 0 saturated carbocycles. The van der Waals surface area contributed by atoms with E-state index in [1.54, 1.807) is 35.3 Å². The van der Waals surface area contributed by atoms with Crippen molar-refractivity contribution in [2.45, 2.75) is 57.3 Å². The predicted molar refractivity (Wildman–Crippen MR) is 135 cm³/mol. The third kappa shape index (κ3) is 7.32. The minimum absolute atomic E-state index is 0.0485. The summed E-state index contributed by atoms with van der Waals surface area (Å²) >= 11 is 0. The number of sulfonamides is 1. The molecule has 184 valence electrons. The highest BCUT2D eigenvalue weighted by Gasteiger charge is 2.27. The zero-order chi connectivity index (χ0) is 24.7. The van der Waals surface area contributed by atoms with E-state index in [1.165, 1.54) is 0 Å². The number of benzene rings is 2. The summed E-state index contributed by atoms with van der Waals surface area (Å²) in [5.74, 6) is 0.00734. The number of Topliss-reactive ketones (excluding diaryl/α,β-unsaturated/α-hetero) is 2. The van der Waals surface area contributed by atoms with E-state index in [-0.39, 0.29) is 31.1 Å². The number of rotatable bonds is 10. The molecule has 0 spiro atoms. The van der Waals surface area contributed by atoms with Crippen molar-refractivity contribution >= 4 is 21.6 Å². The molecule has 1 aliphatic rings. The largest absolute Gasteiger partial charge is 0.298 e. The molecule has 0 aliphatic carbocycles. The van der Waals surface area contributed by atoms with Gasteiger partial charge >= 0.3 is 0 Å². The van der Waals surface area contributed by atoms with Gasteiger partial charge in [-0.2, -0.15) is 4.31 Å². The van der Waals surface area contributed by atoms with Crippen LogP contribution in [0.3, 0.4) is 0 Å². The monoisotopic (exact) mass is 484 g/mol.